The molecule has 2 N–H and O–H groups in total. The molecule has 2 atom stereocenters. The summed E-state index contributed by atoms with van der Waals surface area (Å²) in [5, 5.41) is 6.23. The van der Waals surface area contributed by atoms with E-state index in [1.165, 1.54) is 0 Å². The summed E-state index contributed by atoms with van der Waals surface area (Å²) in [6.45, 7) is 1.87. The summed E-state index contributed by atoms with van der Waals surface area (Å²) in [7, 11) is 0. The Morgan fingerprint density at radius 3 is 1.64 bits per heavy atom. The normalized spacial score (nSPS) is 12.5. The number of carbonyl (C=O) groups is 2. The van der Waals surface area contributed by atoms with Gasteiger partial charge in [0.05, 0.1) is 12.1 Å². The van der Waals surface area contributed by atoms with Crippen molar-refractivity contribution < 1.29 is 14.0 Å². The van der Waals surface area contributed by atoms with Crippen LogP contribution in [-0.2, 0) is 0 Å². The van der Waals surface area contributed by atoms with Crippen molar-refractivity contribution in [1.29, 1.82) is 0 Å². The third kappa shape index (κ3) is 5.77. The van der Waals surface area contributed by atoms with Crippen LogP contribution in [0.1, 0.15) is 56.3 Å². The fraction of sp³-hybridized carbons (Fsp3) is 0.143. The average Bonchev–Trinajstić information content (AvgIpc) is 3.30. The highest BCUT2D eigenvalue weighted by Gasteiger charge is 2.25. The molecule has 166 valence electrons. The number of hydrogen-bond donors (Lipinski definition) is 2. The quantitative estimate of drug-likeness (QED) is 0.375. The zero-order valence-electron chi connectivity index (χ0n) is 18.4. The molecule has 4 aromatic rings. The Bertz CT molecular complexity index is 1190. The summed E-state index contributed by atoms with van der Waals surface area (Å²) in [5.74, 6) is 1.03. The molecule has 0 bridgehead atoms. The van der Waals surface area contributed by atoms with Crippen molar-refractivity contribution in [3.05, 3.63) is 131 Å². The Kier molecular flexibility index (Phi) is 7.00. The molecular weight excluding hydrogens is 412 g/mol. The molecule has 0 aliphatic carbocycles. The highest BCUT2D eigenvalue weighted by atomic mass is 16.3. The molecule has 0 fully saturated rings. The van der Waals surface area contributed by atoms with Crippen LogP contribution in [0, 0.1) is 6.92 Å². The molecule has 5 nitrogen and oxygen atoms in total. The number of furan rings is 1. The SMILES string of the molecule is Cc1ccc([C@H](C[C@@H](NC(=O)c2ccccc2)c2ccccc2)NC(=O)c2ccccc2)o1. The summed E-state index contributed by atoms with van der Waals surface area (Å²) in [4.78, 5) is 25.9. The molecule has 33 heavy (non-hydrogen) atoms. The van der Waals surface area contributed by atoms with Gasteiger partial charge in [-0.2, -0.15) is 0 Å². The molecule has 1 heterocycles. The molecule has 0 aliphatic heterocycles. The molecule has 4 rings (SSSR count). The van der Waals surface area contributed by atoms with E-state index >= 15 is 0 Å². The lowest BCUT2D eigenvalue weighted by molar-refractivity contribution is 0.0914. The lowest BCUT2D eigenvalue weighted by atomic mass is 9.97. The summed E-state index contributed by atoms with van der Waals surface area (Å²) in [5.41, 5.74) is 2.09. The fourth-order valence-electron chi connectivity index (χ4n) is 3.75. The Balaban J connectivity index is 1.62. The van der Waals surface area contributed by atoms with Gasteiger partial charge in [0.1, 0.15) is 11.5 Å². The number of amides is 2. The number of carbonyl (C=O) groups excluding carboxylic acids is 2. The predicted molar refractivity (Wildman–Crippen MR) is 128 cm³/mol. The van der Waals surface area contributed by atoms with Crippen LogP contribution in [0.2, 0.25) is 0 Å². The number of hydrogen-bond acceptors (Lipinski definition) is 3. The number of benzene rings is 3. The molecule has 0 unspecified atom stereocenters. The fourth-order valence-corrected chi connectivity index (χ4v) is 3.75. The van der Waals surface area contributed by atoms with Crippen molar-refractivity contribution in [2.24, 2.45) is 0 Å². The van der Waals surface area contributed by atoms with Gasteiger partial charge in [-0.25, -0.2) is 0 Å². The second-order valence-electron chi connectivity index (χ2n) is 7.88. The summed E-state index contributed by atoms with van der Waals surface area (Å²) in [6.07, 6.45) is 0.425. The van der Waals surface area contributed by atoms with Crippen LogP contribution in [0.25, 0.3) is 0 Å². The maximum atomic E-state index is 13.0. The summed E-state index contributed by atoms with van der Waals surface area (Å²) in [6, 6.07) is 30.9. The van der Waals surface area contributed by atoms with Gasteiger partial charge >= 0.3 is 0 Å². The Labute approximate surface area is 193 Å². The lowest BCUT2D eigenvalue weighted by Crippen LogP contribution is -2.34. The van der Waals surface area contributed by atoms with E-state index in [2.05, 4.69) is 10.6 Å². The third-order valence-electron chi connectivity index (χ3n) is 5.46. The van der Waals surface area contributed by atoms with E-state index in [-0.39, 0.29) is 17.9 Å². The molecule has 2 amide bonds. The van der Waals surface area contributed by atoms with E-state index in [0.29, 0.717) is 23.3 Å². The van der Waals surface area contributed by atoms with Crippen LogP contribution < -0.4 is 10.6 Å². The zero-order valence-corrected chi connectivity index (χ0v) is 18.4. The first-order valence-electron chi connectivity index (χ1n) is 10.9. The maximum Gasteiger partial charge on any atom is 0.251 e. The average molecular weight is 439 g/mol. The molecule has 0 spiro atoms. The van der Waals surface area contributed by atoms with Gasteiger partial charge in [0.15, 0.2) is 0 Å². The van der Waals surface area contributed by atoms with Gasteiger partial charge in [-0.15, -0.1) is 0 Å². The van der Waals surface area contributed by atoms with Gasteiger partial charge in [0, 0.05) is 11.1 Å². The van der Waals surface area contributed by atoms with E-state index in [4.69, 9.17) is 4.42 Å². The molecule has 1 aromatic heterocycles. The van der Waals surface area contributed by atoms with Gasteiger partial charge in [-0.3, -0.25) is 9.59 Å². The van der Waals surface area contributed by atoms with E-state index in [0.717, 1.165) is 11.3 Å². The van der Waals surface area contributed by atoms with E-state index < -0.39 is 6.04 Å². The van der Waals surface area contributed by atoms with E-state index in [9.17, 15) is 9.59 Å². The molecule has 0 saturated carbocycles. The molecule has 3 aromatic carbocycles. The van der Waals surface area contributed by atoms with Gasteiger partial charge in [0.2, 0.25) is 0 Å². The summed E-state index contributed by atoms with van der Waals surface area (Å²) >= 11 is 0. The molecule has 0 radical (unpaired) electrons. The Hall–Kier alpha value is -4.12. The first kappa shape index (κ1) is 22.1. The van der Waals surface area contributed by atoms with Gasteiger partial charge in [-0.05, 0) is 55.3 Å². The lowest BCUT2D eigenvalue weighted by Gasteiger charge is -2.25. The minimum Gasteiger partial charge on any atom is -0.464 e. The van der Waals surface area contributed by atoms with Crippen molar-refractivity contribution in [2.75, 3.05) is 0 Å². The second-order valence-corrected chi connectivity index (χ2v) is 7.88. The largest absolute Gasteiger partial charge is 0.464 e. The van der Waals surface area contributed by atoms with Crippen LogP contribution in [0.4, 0.5) is 0 Å². The smallest absolute Gasteiger partial charge is 0.251 e. The van der Waals surface area contributed by atoms with Crippen LogP contribution in [-0.4, -0.2) is 11.8 Å². The zero-order chi connectivity index (χ0) is 23.0. The predicted octanol–water partition coefficient (Wildman–Crippen LogP) is 5.62. The molecular formula is C28H26N2O3. The van der Waals surface area contributed by atoms with Gasteiger partial charge in [0.25, 0.3) is 11.8 Å². The van der Waals surface area contributed by atoms with Crippen molar-refractivity contribution in [2.45, 2.75) is 25.4 Å². The maximum absolute atomic E-state index is 13.0. The monoisotopic (exact) mass is 438 g/mol. The number of nitrogens with one attached hydrogen (secondary N) is 2. The van der Waals surface area contributed by atoms with Crippen LogP contribution >= 0.6 is 0 Å². The Morgan fingerprint density at radius 2 is 1.15 bits per heavy atom. The number of rotatable bonds is 8. The highest BCUT2D eigenvalue weighted by Crippen LogP contribution is 2.28. The third-order valence-corrected chi connectivity index (χ3v) is 5.46. The standard InChI is InChI=1S/C28H26N2O3/c1-20-17-18-26(33-20)25(30-28(32)23-15-9-4-10-16-23)19-24(21-11-5-2-6-12-21)29-27(31)22-13-7-3-8-14-22/h2-18,24-25H,19H2,1H3,(H,29,31)(H,30,32)/t24-,25+/m1/s1. The van der Waals surface area contributed by atoms with Crippen LogP contribution in [0.3, 0.4) is 0 Å². The van der Waals surface area contributed by atoms with E-state index in [1.54, 1.807) is 24.3 Å². The van der Waals surface area contributed by atoms with Crippen molar-refractivity contribution >= 4 is 11.8 Å². The molecule has 5 heteroatoms. The second kappa shape index (κ2) is 10.5. The Morgan fingerprint density at radius 1 is 0.667 bits per heavy atom. The molecule has 0 saturated heterocycles. The van der Waals surface area contributed by atoms with Crippen molar-refractivity contribution in [3.8, 4) is 0 Å². The van der Waals surface area contributed by atoms with Crippen molar-refractivity contribution in [1.82, 2.24) is 10.6 Å². The first-order valence-corrected chi connectivity index (χ1v) is 10.9. The minimum absolute atomic E-state index is 0.173. The summed E-state index contributed by atoms with van der Waals surface area (Å²) < 4.78 is 5.88. The van der Waals surface area contributed by atoms with Gasteiger partial charge < -0.3 is 15.1 Å². The van der Waals surface area contributed by atoms with E-state index in [1.807, 2.05) is 85.8 Å². The minimum atomic E-state index is -0.437. The topological polar surface area (TPSA) is 71.3 Å². The van der Waals surface area contributed by atoms with Crippen LogP contribution in [0.5, 0.6) is 0 Å². The first-order chi connectivity index (χ1) is 16.1. The van der Waals surface area contributed by atoms with Crippen LogP contribution in [0.15, 0.2) is 108 Å². The molecule has 0 aliphatic rings. The van der Waals surface area contributed by atoms with Crippen molar-refractivity contribution in [3.63, 3.8) is 0 Å². The van der Waals surface area contributed by atoms with Gasteiger partial charge in [-0.1, -0.05) is 66.7 Å². The number of aryl methyl sites for hydroxylation is 1. The highest BCUT2D eigenvalue weighted by molar-refractivity contribution is 5.95.